The van der Waals surface area contributed by atoms with E-state index in [4.69, 9.17) is 4.74 Å². The van der Waals surface area contributed by atoms with Crippen molar-refractivity contribution in [3.63, 3.8) is 0 Å². The molecule has 0 fully saturated rings. The Bertz CT molecular complexity index is 391. The van der Waals surface area contributed by atoms with Crippen LogP contribution in [0.15, 0.2) is 0 Å². The van der Waals surface area contributed by atoms with Crippen molar-refractivity contribution in [1.82, 2.24) is 4.72 Å². The smallest absolute Gasteiger partial charge is 0.212 e. The average Bonchev–Trinajstić information content (AvgIpc) is 2.12. The molecule has 0 bridgehead atoms. The maximum atomic E-state index is 11.3. The number of halogens is 1. The van der Waals surface area contributed by atoms with Crippen LogP contribution in [0, 0.1) is 0 Å². The minimum Gasteiger partial charge on any atom is -0.383 e. The summed E-state index contributed by atoms with van der Waals surface area (Å²) in [5.74, 6) is -0.794. The predicted molar refractivity (Wildman–Crippen MR) is 66.1 cm³/mol. The SMILES string of the molecule is COCC(Br)CNS(=O)(=O)CCS(C)(=O)=O. The molecule has 0 amide bonds. The molecule has 0 aliphatic carbocycles. The van der Waals surface area contributed by atoms with Gasteiger partial charge in [0.25, 0.3) is 0 Å². The Labute approximate surface area is 105 Å². The van der Waals surface area contributed by atoms with Gasteiger partial charge in [0.05, 0.1) is 22.9 Å². The summed E-state index contributed by atoms with van der Waals surface area (Å²) in [5, 5.41) is 0. The lowest BCUT2D eigenvalue weighted by Gasteiger charge is -2.10. The Morgan fingerprint density at radius 3 is 2.25 bits per heavy atom. The Morgan fingerprint density at radius 1 is 1.25 bits per heavy atom. The lowest BCUT2D eigenvalue weighted by Crippen LogP contribution is -2.34. The highest BCUT2D eigenvalue weighted by Crippen LogP contribution is 1.99. The number of sulfone groups is 1. The van der Waals surface area contributed by atoms with Gasteiger partial charge in [-0.2, -0.15) is 0 Å². The minimum atomic E-state index is -3.54. The molecule has 6 nitrogen and oxygen atoms in total. The first-order valence-electron chi connectivity index (χ1n) is 4.44. The molecule has 16 heavy (non-hydrogen) atoms. The summed E-state index contributed by atoms with van der Waals surface area (Å²) in [6, 6.07) is 0. The second-order valence-electron chi connectivity index (χ2n) is 3.35. The summed E-state index contributed by atoms with van der Waals surface area (Å²) in [7, 11) is -5.30. The van der Waals surface area contributed by atoms with Gasteiger partial charge < -0.3 is 4.74 Å². The summed E-state index contributed by atoms with van der Waals surface area (Å²) in [6.07, 6.45) is 1.00. The van der Waals surface area contributed by atoms with E-state index in [1.165, 1.54) is 7.11 Å². The van der Waals surface area contributed by atoms with Crippen molar-refractivity contribution < 1.29 is 21.6 Å². The van der Waals surface area contributed by atoms with Crippen LogP contribution in [-0.2, 0) is 24.6 Å². The van der Waals surface area contributed by atoms with E-state index in [0.29, 0.717) is 6.61 Å². The third-order valence-electron chi connectivity index (χ3n) is 1.60. The molecule has 0 aromatic carbocycles. The van der Waals surface area contributed by atoms with Crippen LogP contribution < -0.4 is 4.72 Å². The van der Waals surface area contributed by atoms with Gasteiger partial charge in [0.2, 0.25) is 10.0 Å². The van der Waals surface area contributed by atoms with Crippen LogP contribution in [0.3, 0.4) is 0 Å². The minimum absolute atomic E-state index is 0.134. The highest BCUT2D eigenvalue weighted by molar-refractivity contribution is 9.09. The van der Waals surface area contributed by atoms with E-state index in [2.05, 4.69) is 20.7 Å². The Hall–Kier alpha value is 0.300. The Morgan fingerprint density at radius 2 is 1.81 bits per heavy atom. The fourth-order valence-corrected chi connectivity index (χ4v) is 4.12. The van der Waals surface area contributed by atoms with E-state index < -0.39 is 25.6 Å². The lowest BCUT2D eigenvalue weighted by molar-refractivity contribution is 0.201. The Kier molecular flexibility index (Phi) is 7.03. The van der Waals surface area contributed by atoms with Crippen LogP contribution >= 0.6 is 15.9 Å². The molecule has 0 saturated heterocycles. The zero-order chi connectivity index (χ0) is 12.8. The second kappa shape index (κ2) is 6.90. The molecule has 1 unspecified atom stereocenters. The van der Waals surface area contributed by atoms with Crippen molar-refractivity contribution in [2.45, 2.75) is 4.83 Å². The van der Waals surface area contributed by atoms with E-state index in [1.807, 2.05) is 0 Å². The summed E-state index contributed by atoms with van der Waals surface area (Å²) < 4.78 is 51.4. The molecular formula is C7H16BrNO5S2. The molecule has 1 N–H and O–H groups in total. The van der Waals surface area contributed by atoms with Crippen LogP contribution in [0.1, 0.15) is 0 Å². The van der Waals surface area contributed by atoms with Crippen molar-refractivity contribution in [1.29, 1.82) is 0 Å². The van der Waals surface area contributed by atoms with Gasteiger partial charge in [0.1, 0.15) is 9.84 Å². The molecule has 9 heteroatoms. The monoisotopic (exact) mass is 337 g/mol. The highest BCUT2D eigenvalue weighted by Gasteiger charge is 2.15. The van der Waals surface area contributed by atoms with Crippen LogP contribution in [0.4, 0.5) is 0 Å². The Balaban J connectivity index is 4.07. The number of sulfonamides is 1. The standard InChI is InChI=1S/C7H16BrNO5S2/c1-14-6-7(8)5-9-16(12,13)4-3-15(2,10)11/h7,9H,3-6H2,1-2H3. The maximum Gasteiger partial charge on any atom is 0.212 e. The zero-order valence-corrected chi connectivity index (χ0v) is 12.4. The number of hydrogen-bond acceptors (Lipinski definition) is 5. The normalized spacial score (nSPS) is 14.9. The van der Waals surface area contributed by atoms with Gasteiger partial charge in [-0.05, 0) is 0 Å². The fraction of sp³-hybridized carbons (Fsp3) is 1.00. The predicted octanol–water partition coefficient (Wildman–Crippen LogP) is -0.640. The first-order valence-corrected chi connectivity index (χ1v) is 9.07. The van der Waals surface area contributed by atoms with Crippen LogP contribution in [0.25, 0.3) is 0 Å². The third-order valence-corrected chi connectivity index (χ3v) is 4.74. The molecular weight excluding hydrogens is 322 g/mol. The fourth-order valence-electron chi connectivity index (χ4n) is 0.790. The van der Waals surface area contributed by atoms with Gasteiger partial charge in [0, 0.05) is 19.9 Å². The number of rotatable bonds is 8. The summed E-state index contributed by atoms with van der Waals surface area (Å²) in [5.41, 5.74) is 0. The van der Waals surface area contributed by atoms with Crippen LogP contribution in [0.2, 0.25) is 0 Å². The average molecular weight is 338 g/mol. The number of methoxy groups -OCH3 is 1. The lowest BCUT2D eigenvalue weighted by atomic mass is 10.5. The quantitative estimate of drug-likeness (QED) is 0.595. The van der Waals surface area contributed by atoms with Gasteiger partial charge in [-0.3, -0.25) is 0 Å². The topological polar surface area (TPSA) is 89.5 Å². The molecule has 0 aliphatic heterocycles. The van der Waals surface area contributed by atoms with Crippen molar-refractivity contribution in [2.75, 3.05) is 38.0 Å². The molecule has 0 radical (unpaired) electrons. The van der Waals surface area contributed by atoms with E-state index in [0.717, 1.165) is 6.26 Å². The van der Waals surface area contributed by atoms with E-state index >= 15 is 0 Å². The van der Waals surface area contributed by atoms with Gasteiger partial charge in [-0.15, -0.1) is 0 Å². The first kappa shape index (κ1) is 16.3. The van der Waals surface area contributed by atoms with Gasteiger partial charge in [-0.25, -0.2) is 21.6 Å². The molecule has 0 aromatic heterocycles. The zero-order valence-electron chi connectivity index (χ0n) is 9.14. The summed E-state index contributed by atoms with van der Waals surface area (Å²) in [4.78, 5) is -0.134. The first-order chi connectivity index (χ1) is 7.16. The van der Waals surface area contributed by atoms with Gasteiger partial charge >= 0.3 is 0 Å². The van der Waals surface area contributed by atoms with E-state index in [1.54, 1.807) is 0 Å². The van der Waals surface area contributed by atoms with E-state index in [-0.39, 0.29) is 17.1 Å². The summed E-state index contributed by atoms with van der Waals surface area (Å²) >= 11 is 3.21. The number of hydrogen-bond donors (Lipinski definition) is 1. The van der Waals surface area contributed by atoms with Crippen molar-refractivity contribution in [3.05, 3.63) is 0 Å². The number of alkyl halides is 1. The number of ether oxygens (including phenoxy) is 1. The largest absolute Gasteiger partial charge is 0.383 e. The van der Waals surface area contributed by atoms with E-state index in [9.17, 15) is 16.8 Å². The van der Waals surface area contributed by atoms with Gasteiger partial charge in [-0.1, -0.05) is 15.9 Å². The van der Waals surface area contributed by atoms with Gasteiger partial charge in [0.15, 0.2) is 0 Å². The third kappa shape index (κ3) is 9.52. The molecule has 98 valence electrons. The van der Waals surface area contributed by atoms with Crippen molar-refractivity contribution in [2.24, 2.45) is 0 Å². The number of nitrogens with one attached hydrogen (secondary N) is 1. The highest BCUT2D eigenvalue weighted by atomic mass is 79.9. The maximum absolute atomic E-state index is 11.3. The molecule has 0 aliphatic rings. The van der Waals surface area contributed by atoms with Crippen molar-refractivity contribution >= 4 is 35.8 Å². The second-order valence-corrected chi connectivity index (χ2v) is 8.83. The molecule has 0 heterocycles. The molecule has 0 spiro atoms. The van der Waals surface area contributed by atoms with Crippen LogP contribution in [0.5, 0.6) is 0 Å². The summed E-state index contributed by atoms with van der Waals surface area (Å²) in [6.45, 7) is 0.536. The molecule has 0 rings (SSSR count). The van der Waals surface area contributed by atoms with Crippen molar-refractivity contribution in [3.8, 4) is 0 Å². The molecule has 0 saturated carbocycles. The molecule has 0 aromatic rings. The molecule has 1 atom stereocenters. The van der Waals surface area contributed by atoms with Crippen LogP contribution in [-0.4, -0.2) is 59.7 Å².